The van der Waals surface area contributed by atoms with Crippen molar-refractivity contribution >= 4 is 38.5 Å². The van der Waals surface area contributed by atoms with Crippen molar-refractivity contribution in [3.05, 3.63) is 70.1 Å². The van der Waals surface area contributed by atoms with Crippen molar-refractivity contribution in [3.63, 3.8) is 0 Å². The van der Waals surface area contributed by atoms with Gasteiger partial charge in [-0.2, -0.15) is 0 Å². The van der Waals surface area contributed by atoms with Crippen molar-refractivity contribution in [2.45, 2.75) is 13.1 Å². The number of carbonyl (C=O) groups excluding carboxylic acids is 1. The molecule has 0 aliphatic heterocycles. The predicted molar refractivity (Wildman–Crippen MR) is 102 cm³/mol. The molecule has 2 aromatic heterocycles. The molecule has 0 aliphatic carbocycles. The Hall–Kier alpha value is -3.06. The van der Waals surface area contributed by atoms with Crippen LogP contribution in [0.25, 0.3) is 21.3 Å². The third kappa shape index (κ3) is 3.09. The fourth-order valence-corrected chi connectivity index (χ4v) is 3.83. The summed E-state index contributed by atoms with van der Waals surface area (Å²) in [5.41, 5.74) is 1.99. The third-order valence-electron chi connectivity index (χ3n) is 4.18. The van der Waals surface area contributed by atoms with Gasteiger partial charge in [0.2, 0.25) is 5.91 Å². The summed E-state index contributed by atoms with van der Waals surface area (Å²) in [7, 11) is 1.73. The van der Waals surface area contributed by atoms with Crippen LogP contribution in [0.15, 0.2) is 59.5 Å². The normalized spacial score (nSPS) is 11.1. The number of aromatic nitrogens is 3. The zero-order valence-electron chi connectivity index (χ0n) is 14.1. The molecule has 0 saturated heterocycles. The monoisotopic (exact) mass is 364 g/mol. The lowest BCUT2D eigenvalue weighted by molar-refractivity contribution is -0.131. The van der Waals surface area contributed by atoms with Gasteiger partial charge in [0.05, 0.1) is 34.0 Å². The molecule has 1 amide bonds. The summed E-state index contributed by atoms with van der Waals surface area (Å²) in [6, 6.07) is 15.2. The van der Waals surface area contributed by atoms with Gasteiger partial charge in [-0.3, -0.25) is 14.2 Å². The average molecular weight is 364 g/mol. The van der Waals surface area contributed by atoms with Crippen LogP contribution in [-0.2, 0) is 17.9 Å². The average Bonchev–Trinajstić information content (AvgIpc) is 3.06. The summed E-state index contributed by atoms with van der Waals surface area (Å²) < 4.78 is 2.55. The Morgan fingerprint density at radius 2 is 1.85 bits per heavy atom. The molecule has 0 bridgehead atoms. The van der Waals surface area contributed by atoms with Gasteiger partial charge in [0.25, 0.3) is 5.56 Å². The summed E-state index contributed by atoms with van der Waals surface area (Å²) >= 11 is 1.57. The molecule has 0 fully saturated rings. The number of nitrogens with zero attached hydrogens (tertiary/aromatic N) is 4. The minimum absolute atomic E-state index is 0.0245. The van der Waals surface area contributed by atoms with Gasteiger partial charge >= 0.3 is 0 Å². The summed E-state index contributed by atoms with van der Waals surface area (Å²) in [6.07, 6.45) is 1.25. The van der Waals surface area contributed by atoms with Gasteiger partial charge in [0.1, 0.15) is 11.6 Å². The molecule has 0 unspecified atom stereocenters. The van der Waals surface area contributed by atoms with Crippen LogP contribution in [0.4, 0.5) is 0 Å². The molecule has 0 radical (unpaired) electrons. The molecular weight excluding hydrogens is 348 g/mol. The second-order valence-corrected chi connectivity index (χ2v) is 7.11. The molecule has 130 valence electrons. The molecule has 26 heavy (non-hydrogen) atoms. The van der Waals surface area contributed by atoms with Crippen LogP contribution in [-0.4, -0.2) is 32.4 Å². The molecule has 4 rings (SSSR count). The molecule has 2 heterocycles. The molecule has 0 aliphatic rings. The Morgan fingerprint density at radius 1 is 1.12 bits per heavy atom. The number of thiazole rings is 1. The molecule has 0 N–H and O–H groups in total. The van der Waals surface area contributed by atoms with Crippen molar-refractivity contribution in [3.8, 4) is 0 Å². The Labute approximate surface area is 153 Å². The Bertz CT molecular complexity index is 1130. The van der Waals surface area contributed by atoms with Crippen molar-refractivity contribution < 1.29 is 4.79 Å². The van der Waals surface area contributed by atoms with E-state index in [2.05, 4.69) is 9.97 Å². The number of fused-ring (bicyclic) bond motifs is 2. The first-order valence-electron chi connectivity index (χ1n) is 8.15. The number of para-hydroxylation sites is 3. The number of likely N-dealkylation sites (N-methyl/N-ethyl adjacent to an activating group) is 1. The smallest absolute Gasteiger partial charge is 0.269 e. The highest BCUT2D eigenvalue weighted by atomic mass is 32.1. The van der Waals surface area contributed by atoms with Gasteiger partial charge in [-0.15, -0.1) is 11.3 Å². The second-order valence-electron chi connectivity index (χ2n) is 6.00. The first-order chi connectivity index (χ1) is 12.6. The van der Waals surface area contributed by atoms with E-state index in [-0.39, 0.29) is 18.0 Å². The van der Waals surface area contributed by atoms with Gasteiger partial charge in [-0.25, -0.2) is 9.97 Å². The summed E-state index contributed by atoms with van der Waals surface area (Å²) in [4.78, 5) is 35.1. The van der Waals surface area contributed by atoms with Crippen LogP contribution in [0.1, 0.15) is 5.01 Å². The van der Waals surface area contributed by atoms with E-state index in [4.69, 9.17) is 0 Å². The van der Waals surface area contributed by atoms with Crippen molar-refractivity contribution in [1.29, 1.82) is 0 Å². The minimum atomic E-state index is -0.287. The molecule has 0 saturated carbocycles. The van der Waals surface area contributed by atoms with E-state index in [1.54, 1.807) is 29.4 Å². The van der Waals surface area contributed by atoms with E-state index in [1.165, 1.54) is 10.8 Å². The van der Waals surface area contributed by atoms with Crippen LogP contribution in [0.2, 0.25) is 0 Å². The third-order valence-corrected chi connectivity index (χ3v) is 5.20. The van der Waals surface area contributed by atoms with E-state index in [9.17, 15) is 9.59 Å². The number of hydrogen-bond acceptors (Lipinski definition) is 5. The lowest BCUT2D eigenvalue weighted by Crippen LogP contribution is -2.33. The van der Waals surface area contributed by atoms with E-state index in [0.29, 0.717) is 17.6 Å². The SMILES string of the molecule is CN(Cc1nc2ccccc2s1)C(=O)Cn1c(=O)cnc2ccccc21. The molecule has 0 spiro atoms. The van der Waals surface area contributed by atoms with Crippen LogP contribution >= 0.6 is 11.3 Å². The highest BCUT2D eigenvalue weighted by Gasteiger charge is 2.15. The number of rotatable bonds is 4. The van der Waals surface area contributed by atoms with Gasteiger partial charge in [0.15, 0.2) is 0 Å². The lowest BCUT2D eigenvalue weighted by Gasteiger charge is -2.17. The van der Waals surface area contributed by atoms with Crippen LogP contribution in [0.3, 0.4) is 0 Å². The van der Waals surface area contributed by atoms with Gasteiger partial charge in [0, 0.05) is 7.05 Å². The molecular formula is C19H16N4O2S. The number of carbonyl (C=O) groups is 1. The highest BCUT2D eigenvalue weighted by molar-refractivity contribution is 7.18. The van der Waals surface area contributed by atoms with Crippen molar-refractivity contribution in [1.82, 2.24) is 19.4 Å². The lowest BCUT2D eigenvalue weighted by atomic mass is 10.3. The minimum Gasteiger partial charge on any atom is -0.337 e. The van der Waals surface area contributed by atoms with Gasteiger partial charge in [-0.05, 0) is 24.3 Å². The zero-order valence-corrected chi connectivity index (χ0v) is 14.9. The van der Waals surface area contributed by atoms with E-state index in [0.717, 1.165) is 15.2 Å². The number of amides is 1. The largest absolute Gasteiger partial charge is 0.337 e. The Kier molecular flexibility index (Phi) is 4.22. The maximum Gasteiger partial charge on any atom is 0.269 e. The fraction of sp³-hybridized carbons (Fsp3) is 0.158. The van der Waals surface area contributed by atoms with E-state index < -0.39 is 0 Å². The number of benzene rings is 2. The molecule has 2 aromatic carbocycles. The quantitative estimate of drug-likeness (QED) is 0.558. The molecule has 4 aromatic rings. The van der Waals surface area contributed by atoms with E-state index >= 15 is 0 Å². The molecule has 7 heteroatoms. The first-order valence-corrected chi connectivity index (χ1v) is 8.96. The fourth-order valence-electron chi connectivity index (χ4n) is 2.81. The van der Waals surface area contributed by atoms with Crippen LogP contribution in [0.5, 0.6) is 0 Å². The van der Waals surface area contributed by atoms with Crippen LogP contribution in [0, 0.1) is 0 Å². The van der Waals surface area contributed by atoms with Crippen molar-refractivity contribution in [2.75, 3.05) is 7.05 Å². The summed E-state index contributed by atoms with van der Waals surface area (Å²) in [6.45, 7) is 0.388. The summed E-state index contributed by atoms with van der Waals surface area (Å²) in [5, 5.41) is 0.869. The molecule has 0 atom stereocenters. The highest BCUT2D eigenvalue weighted by Crippen LogP contribution is 2.22. The number of hydrogen-bond donors (Lipinski definition) is 0. The maximum atomic E-state index is 12.7. The van der Waals surface area contributed by atoms with Gasteiger partial charge < -0.3 is 4.90 Å². The summed E-state index contributed by atoms with van der Waals surface area (Å²) in [5.74, 6) is -0.150. The molecule has 6 nitrogen and oxygen atoms in total. The maximum absolute atomic E-state index is 12.7. The van der Waals surface area contributed by atoms with Crippen molar-refractivity contribution in [2.24, 2.45) is 0 Å². The Balaban J connectivity index is 1.56. The Morgan fingerprint density at radius 3 is 2.65 bits per heavy atom. The van der Waals surface area contributed by atoms with Gasteiger partial charge in [-0.1, -0.05) is 24.3 Å². The van der Waals surface area contributed by atoms with E-state index in [1.807, 2.05) is 42.5 Å². The first kappa shape index (κ1) is 16.4. The standard InChI is InChI=1S/C19H16N4O2S/c1-22(11-17-21-14-7-3-5-9-16(14)26-17)19(25)12-23-15-8-4-2-6-13(15)20-10-18(23)24/h2-10H,11-12H2,1H3. The topological polar surface area (TPSA) is 68.1 Å². The predicted octanol–water partition coefficient (Wildman–Crippen LogP) is 2.66. The van der Waals surface area contributed by atoms with Crippen LogP contribution < -0.4 is 5.56 Å². The zero-order chi connectivity index (χ0) is 18.1. The second kappa shape index (κ2) is 6.68.